The summed E-state index contributed by atoms with van der Waals surface area (Å²) in [7, 11) is 0. The maximum atomic E-state index is 13.2. The fraction of sp³-hybridized carbons (Fsp3) is 0.929. The number of rotatable bonds is 39. The average Bonchev–Trinajstić information content (AvgIpc) is 3.47. The third-order valence-electron chi connectivity index (χ3n) is 15.6. The van der Waals surface area contributed by atoms with Gasteiger partial charge in [0.05, 0.1) is 45.2 Å². The number of carbonyl (C=O) groups excluding carboxylic acids is 2. The summed E-state index contributed by atoms with van der Waals surface area (Å²) in [6.45, 7) is 1.55. The highest BCUT2D eigenvalue weighted by atomic mass is 16.8. The van der Waals surface area contributed by atoms with Gasteiger partial charge in [0, 0.05) is 13.3 Å². The fourth-order valence-corrected chi connectivity index (χ4v) is 10.7. The van der Waals surface area contributed by atoms with Gasteiger partial charge in [0.1, 0.15) is 97.6 Å². The number of allylic oxidation sites excluding steroid dienone is 1. The molecule has 25 nitrogen and oxygen atoms in total. The third kappa shape index (κ3) is 22.6. The van der Waals surface area contributed by atoms with Gasteiger partial charge >= 0.3 is 0 Å². The average molecular weight is 1170 g/mol. The molecule has 4 aliphatic heterocycles. The molecule has 25 heteroatoms. The first-order valence-electron chi connectivity index (χ1n) is 29.9. The summed E-state index contributed by atoms with van der Waals surface area (Å²) in [5.74, 6) is -1.01. The maximum Gasteiger partial charge on any atom is 0.220 e. The van der Waals surface area contributed by atoms with Gasteiger partial charge in [0.25, 0.3) is 0 Å². The van der Waals surface area contributed by atoms with Crippen LogP contribution in [-0.4, -0.2) is 246 Å². The fourth-order valence-electron chi connectivity index (χ4n) is 10.7. The first-order valence-corrected chi connectivity index (χ1v) is 29.9. The summed E-state index contributed by atoms with van der Waals surface area (Å²) in [5.41, 5.74) is 0. The number of nitrogens with one attached hydrogen (secondary N) is 2. The van der Waals surface area contributed by atoms with E-state index in [1.54, 1.807) is 6.08 Å². The van der Waals surface area contributed by atoms with E-state index >= 15 is 0 Å². The lowest BCUT2D eigenvalue weighted by molar-refractivity contribution is -0.386. The van der Waals surface area contributed by atoms with Crippen molar-refractivity contribution in [3.8, 4) is 0 Å². The van der Waals surface area contributed by atoms with E-state index in [1.807, 2.05) is 6.08 Å². The Kier molecular flexibility index (Phi) is 34.2. The Hall–Kier alpha value is -2.16. The van der Waals surface area contributed by atoms with Crippen molar-refractivity contribution in [2.24, 2.45) is 0 Å². The Bertz CT molecular complexity index is 1720. The van der Waals surface area contributed by atoms with Crippen LogP contribution in [0.4, 0.5) is 0 Å². The number of aliphatic hydroxyl groups is 13. The highest BCUT2D eigenvalue weighted by Gasteiger charge is 2.56. The lowest BCUT2D eigenvalue weighted by Crippen LogP contribution is -2.69. The molecule has 81 heavy (non-hydrogen) atoms. The molecule has 1 unspecified atom stereocenters. The van der Waals surface area contributed by atoms with Crippen molar-refractivity contribution in [2.75, 3.05) is 33.0 Å². The van der Waals surface area contributed by atoms with Crippen LogP contribution in [0.15, 0.2) is 12.2 Å². The van der Waals surface area contributed by atoms with E-state index in [0.29, 0.717) is 12.8 Å². The predicted octanol–water partition coefficient (Wildman–Crippen LogP) is -0.557. The van der Waals surface area contributed by atoms with Crippen LogP contribution >= 0.6 is 0 Å². The van der Waals surface area contributed by atoms with E-state index < -0.39 is 174 Å². The van der Waals surface area contributed by atoms with E-state index in [1.165, 1.54) is 77.0 Å². The largest absolute Gasteiger partial charge is 0.394 e. The second-order valence-corrected chi connectivity index (χ2v) is 22.2. The number of aliphatic hydroxyl groups excluding tert-OH is 13. The Labute approximate surface area is 477 Å². The zero-order valence-corrected chi connectivity index (χ0v) is 47.8. The van der Waals surface area contributed by atoms with Crippen LogP contribution in [0, 0.1) is 0 Å². The topological polar surface area (TPSA) is 395 Å². The predicted molar refractivity (Wildman–Crippen MR) is 289 cm³/mol. The second kappa shape index (κ2) is 38.8. The van der Waals surface area contributed by atoms with Gasteiger partial charge in [-0.25, -0.2) is 0 Å². The third-order valence-corrected chi connectivity index (χ3v) is 15.6. The lowest BCUT2D eigenvalue weighted by atomic mass is 9.95. The van der Waals surface area contributed by atoms with E-state index in [9.17, 15) is 76.0 Å². The normalized spacial score (nSPS) is 35.5. The van der Waals surface area contributed by atoms with E-state index in [0.717, 1.165) is 51.9 Å². The van der Waals surface area contributed by atoms with Crippen LogP contribution in [0.1, 0.15) is 162 Å². The van der Waals surface area contributed by atoms with Gasteiger partial charge in [-0.1, -0.05) is 142 Å². The van der Waals surface area contributed by atoms with E-state index in [-0.39, 0.29) is 12.3 Å². The molecule has 4 heterocycles. The van der Waals surface area contributed by atoms with Gasteiger partial charge < -0.3 is 115 Å². The molecule has 0 aromatic carbocycles. The van der Waals surface area contributed by atoms with Gasteiger partial charge in [-0.15, -0.1) is 0 Å². The lowest BCUT2D eigenvalue weighted by Gasteiger charge is -2.49. The maximum absolute atomic E-state index is 13.2. The highest BCUT2D eigenvalue weighted by molar-refractivity contribution is 5.76. The van der Waals surface area contributed by atoms with Gasteiger partial charge in [-0.05, 0) is 19.3 Å². The molecule has 4 saturated heterocycles. The van der Waals surface area contributed by atoms with Gasteiger partial charge in [-0.3, -0.25) is 9.59 Å². The Balaban J connectivity index is 1.37. The Morgan fingerprint density at radius 3 is 1.41 bits per heavy atom. The quantitative estimate of drug-likeness (QED) is 0.0271. The molecule has 0 aromatic heterocycles. The van der Waals surface area contributed by atoms with Crippen LogP contribution in [0.25, 0.3) is 0 Å². The number of ether oxygens (including phenoxy) is 8. The van der Waals surface area contributed by atoms with Crippen molar-refractivity contribution in [2.45, 2.75) is 297 Å². The van der Waals surface area contributed by atoms with Crippen molar-refractivity contribution < 1.29 is 114 Å². The number of unbranched alkanes of at least 4 members (excludes halogenated alkanes) is 19. The zero-order valence-electron chi connectivity index (χ0n) is 47.8. The molecule has 15 N–H and O–H groups in total. The Morgan fingerprint density at radius 2 is 0.901 bits per heavy atom. The molecule has 2 amide bonds. The summed E-state index contributed by atoms with van der Waals surface area (Å²) >= 11 is 0. The van der Waals surface area contributed by atoms with Crippen LogP contribution in [0.2, 0.25) is 0 Å². The molecule has 474 valence electrons. The second-order valence-electron chi connectivity index (χ2n) is 22.2. The van der Waals surface area contributed by atoms with Crippen LogP contribution in [-0.2, 0) is 47.5 Å². The molecule has 0 bridgehead atoms. The van der Waals surface area contributed by atoms with Crippen LogP contribution in [0.3, 0.4) is 0 Å². The van der Waals surface area contributed by atoms with Gasteiger partial charge in [-0.2, -0.15) is 0 Å². The molecule has 0 radical (unpaired) electrons. The van der Waals surface area contributed by atoms with Crippen molar-refractivity contribution in [3.05, 3.63) is 12.2 Å². The minimum absolute atomic E-state index is 0.216. The molecular weight excluding hydrogens is 1070 g/mol. The first-order chi connectivity index (χ1) is 39.0. The number of hydrogen-bond donors (Lipinski definition) is 15. The van der Waals surface area contributed by atoms with Crippen LogP contribution < -0.4 is 10.6 Å². The smallest absolute Gasteiger partial charge is 0.220 e. The highest BCUT2D eigenvalue weighted by Crippen LogP contribution is 2.35. The number of amides is 2. The summed E-state index contributed by atoms with van der Waals surface area (Å²) in [6, 6.07) is -2.52. The van der Waals surface area contributed by atoms with Crippen molar-refractivity contribution in [1.82, 2.24) is 10.6 Å². The van der Waals surface area contributed by atoms with Gasteiger partial charge in [0.15, 0.2) is 25.2 Å². The monoisotopic (exact) mass is 1170 g/mol. The molecule has 0 spiro atoms. The van der Waals surface area contributed by atoms with Crippen molar-refractivity contribution in [3.63, 3.8) is 0 Å². The minimum atomic E-state index is -2.09. The summed E-state index contributed by atoms with van der Waals surface area (Å²) in [6.07, 6.45) is -8.17. The molecule has 0 saturated carbocycles. The number of hydrogen-bond acceptors (Lipinski definition) is 23. The SMILES string of the molecule is CCCCCCCCCCCCC/C=C/[C@@H](O)[C@H](CO[C@@H]1O[C@H](CO)[C@@H](O[C@@H]2O[C@H](CO)[C@H](O[C@H]3O[C@H](CO)[C@H](O)[C@H](O[C@@H]4O[C@H](CO)[C@H](O)[C@H](O)[C@H]4NC(C)=O)[C@H]3O)[C@H](O)[C@H]2O)[C@H](O)C1O)NC(=O)CCCCCCCCCCC. The molecule has 4 fully saturated rings. The molecule has 0 aliphatic carbocycles. The standard InChI is InChI=1S/C56H102N2O23/c1-4-6-8-10-12-14-15-16-17-19-20-22-24-26-35(64)34(58-40(65)27-25-23-21-18-13-11-9-7-5-2)32-74-54-47(71)45(69)50(38(30-61)77-54)79-55-48(72)46(70)51(39(31-62)78-55)80-56-49(73)52(43(67)37(29-60)76-56)81-53-41(57-33(3)63)44(68)42(66)36(28-59)75-53/h24,26,34-39,41-56,59-62,64,66-73H,4-23,25,27-32H2,1-3H3,(H,57,63)(H,58,65)/b26-24+/t34-,35+,36+,37+,38+,39+,41+,42-,43-,44+,45+,46+,47?,48+,49+,50+,51-,52-,53-,54+,55-,56+/m0/s1. The molecule has 22 atom stereocenters. The summed E-state index contributed by atoms with van der Waals surface area (Å²) < 4.78 is 46.3. The van der Waals surface area contributed by atoms with Crippen molar-refractivity contribution in [1.29, 1.82) is 0 Å². The molecule has 0 aromatic rings. The van der Waals surface area contributed by atoms with E-state index in [4.69, 9.17) is 37.9 Å². The Morgan fingerprint density at radius 1 is 0.481 bits per heavy atom. The van der Waals surface area contributed by atoms with E-state index in [2.05, 4.69) is 24.5 Å². The summed E-state index contributed by atoms with van der Waals surface area (Å²) in [5, 5.41) is 147. The van der Waals surface area contributed by atoms with Gasteiger partial charge in [0.2, 0.25) is 11.8 Å². The first kappa shape index (κ1) is 71.3. The number of carbonyl (C=O) groups is 2. The zero-order chi connectivity index (χ0) is 59.4. The summed E-state index contributed by atoms with van der Waals surface area (Å²) in [4.78, 5) is 25.3. The van der Waals surface area contributed by atoms with Crippen molar-refractivity contribution >= 4 is 11.8 Å². The molecule has 4 aliphatic rings. The van der Waals surface area contributed by atoms with Crippen LogP contribution in [0.5, 0.6) is 0 Å². The minimum Gasteiger partial charge on any atom is -0.394 e. The molecular formula is C56H102N2O23. The molecule has 4 rings (SSSR count).